The summed E-state index contributed by atoms with van der Waals surface area (Å²) in [7, 11) is 1.61. The van der Waals surface area contributed by atoms with Crippen molar-refractivity contribution < 1.29 is 4.74 Å². The van der Waals surface area contributed by atoms with Crippen molar-refractivity contribution in [3.63, 3.8) is 0 Å². The van der Waals surface area contributed by atoms with Crippen LogP contribution in [0.5, 0.6) is 0 Å². The molecule has 0 unspecified atom stereocenters. The van der Waals surface area contributed by atoms with Gasteiger partial charge >= 0.3 is 0 Å². The zero-order valence-corrected chi connectivity index (χ0v) is 15.5. The van der Waals surface area contributed by atoms with Crippen LogP contribution < -0.4 is 5.56 Å². The maximum absolute atomic E-state index is 12.6. The van der Waals surface area contributed by atoms with E-state index in [2.05, 4.69) is 15.0 Å². The van der Waals surface area contributed by atoms with Crippen LogP contribution in [0.1, 0.15) is 11.3 Å². The standard InChI is InChI=1S/C22H20N4O2/c1-28-12-11-26-15-24-21-19(22(26)27)14-20(25-21)17-9-10-23-18(13-17)8-7-16-5-3-2-4-6-16/h2-10,13-15,25H,11-12H2,1H3. The van der Waals surface area contributed by atoms with Crippen LogP contribution in [0.2, 0.25) is 0 Å². The van der Waals surface area contributed by atoms with Crippen LogP contribution in [0.4, 0.5) is 0 Å². The normalized spacial score (nSPS) is 11.5. The molecule has 0 spiro atoms. The Hall–Kier alpha value is -3.51. The topological polar surface area (TPSA) is 72.8 Å². The molecule has 0 atom stereocenters. The zero-order valence-electron chi connectivity index (χ0n) is 15.5. The van der Waals surface area contributed by atoms with E-state index in [1.54, 1.807) is 24.2 Å². The van der Waals surface area contributed by atoms with Crippen LogP contribution in [0.25, 0.3) is 34.4 Å². The third-order valence-electron chi connectivity index (χ3n) is 4.49. The Labute approximate surface area is 162 Å². The molecule has 1 aromatic carbocycles. The van der Waals surface area contributed by atoms with E-state index in [-0.39, 0.29) is 5.56 Å². The van der Waals surface area contributed by atoms with E-state index < -0.39 is 0 Å². The fourth-order valence-corrected chi connectivity index (χ4v) is 3.00. The Kier molecular flexibility index (Phi) is 5.12. The van der Waals surface area contributed by atoms with Crippen LogP contribution in [0.15, 0.2) is 65.8 Å². The number of H-pyrrole nitrogens is 1. The smallest absolute Gasteiger partial charge is 0.262 e. The van der Waals surface area contributed by atoms with Gasteiger partial charge in [-0.1, -0.05) is 36.4 Å². The summed E-state index contributed by atoms with van der Waals surface area (Å²) in [4.78, 5) is 24.6. The van der Waals surface area contributed by atoms with Crippen LogP contribution in [-0.2, 0) is 11.3 Å². The number of pyridine rings is 1. The molecule has 4 rings (SSSR count). The van der Waals surface area contributed by atoms with Gasteiger partial charge in [0.2, 0.25) is 0 Å². The second-order valence-corrected chi connectivity index (χ2v) is 6.39. The van der Waals surface area contributed by atoms with Gasteiger partial charge in [0.05, 0.1) is 30.6 Å². The van der Waals surface area contributed by atoms with Crippen molar-refractivity contribution in [3.05, 3.63) is 82.7 Å². The van der Waals surface area contributed by atoms with E-state index in [4.69, 9.17) is 4.74 Å². The van der Waals surface area contributed by atoms with Crippen LogP contribution in [0, 0.1) is 0 Å². The van der Waals surface area contributed by atoms with Gasteiger partial charge in [0.15, 0.2) is 0 Å². The van der Waals surface area contributed by atoms with Gasteiger partial charge in [0.25, 0.3) is 5.56 Å². The van der Waals surface area contributed by atoms with Gasteiger partial charge in [-0.25, -0.2) is 4.98 Å². The number of ether oxygens (including phenoxy) is 1. The van der Waals surface area contributed by atoms with E-state index >= 15 is 0 Å². The number of nitrogens with one attached hydrogen (secondary N) is 1. The van der Waals surface area contributed by atoms with Crippen molar-refractivity contribution in [1.82, 2.24) is 19.5 Å². The van der Waals surface area contributed by atoms with Gasteiger partial charge in [-0.05, 0) is 29.8 Å². The van der Waals surface area contributed by atoms with Gasteiger partial charge in [-0.3, -0.25) is 14.3 Å². The lowest BCUT2D eigenvalue weighted by Crippen LogP contribution is -2.22. The molecule has 0 bridgehead atoms. The number of fused-ring (bicyclic) bond motifs is 1. The Bertz CT molecular complexity index is 1180. The number of aromatic amines is 1. The first-order valence-electron chi connectivity index (χ1n) is 9.01. The number of benzene rings is 1. The molecular weight excluding hydrogens is 352 g/mol. The molecule has 6 heteroatoms. The Morgan fingerprint density at radius 2 is 1.96 bits per heavy atom. The summed E-state index contributed by atoms with van der Waals surface area (Å²) in [5.41, 5.74) is 4.23. The molecule has 3 aromatic heterocycles. The number of rotatable bonds is 6. The summed E-state index contributed by atoms with van der Waals surface area (Å²) in [6.45, 7) is 0.939. The van der Waals surface area contributed by atoms with Crippen LogP contribution in [0.3, 0.4) is 0 Å². The summed E-state index contributed by atoms with van der Waals surface area (Å²) in [5, 5.41) is 0.562. The highest BCUT2D eigenvalue weighted by Crippen LogP contribution is 2.22. The van der Waals surface area contributed by atoms with E-state index in [1.165, 1.54) is 0 Å². The molecule has 0 radical (unpaired) electrons. The van der Waals surface area contributed by atoms with E-state index in [9.17, 15) is 4.79 Å². The van der Waals surface area contributed by atoms with Crippen molar-refractivity contribution in [2.75, 3.05) is 13.7 Å². The fraction of sp³-hybridized carbons (Fsp3) is 0.136. The molecule has 4 aromatic rings. The molecule has 0 fully saturated rings. The van der Waals surface area contributed by atoms with Crippen molar-refractivity contribution >= 4 is 23.2 Å². The second kappa shape index (κ2) is 8.02. The summed E-state index contributed by atoms with van der Waals surface area (Å²) in [6.07, 6.45) is 7.30. The number of hydrogen-bond acceptors (Lipinski definition) is 4. The van der Waals surface area contributed by atoms with Gasteiger partial charge < -0.3 is 9.72 Å². The number of methoxy groups -OCH3 is 1. The number of nitrogens with zero attached hydrogens (tertiary/aromatic N) is 3. The second-order valence-electron chi connectivity index (χ2n) is 6.39. The first-order chi connectivity index (χ1) is 13.7. The average Bonchev–Trinajstić information content (AvgIpc) is 3.18. The Morgan fingerprint density at radius 3 is 2.79 bits per heavy atom. The summed E-state index contributed by atoms with van der Waals surface area (Å²) in [6, 6.07) is 15.8. The molecule has 0 aliphatic heterocycles. The monoisotopic (exact) mass is 372 g/mol. The minimum absolute atomic E-state index is 0.0807. The molecule has 0 saturated heterocycles. The lowest BCUT2D eigenvalue weighted by Gasteiger charge is -2.03. The molecule has 0 aliphatic carbocycles. The minimum Gasteiger partial charge on any atom is -0.383 e. The number of aromatic nitrogens is 4. The Balaban J connectivity index is 1.65. The first-order valence-corrected chi connectivity index (χ1v) is 9.01. The first kappa shape index (κ1) is 17.9. The molecule has 28 heavy (non-hydrogen) atoms. The summed E-state index contributed by atoms with van der Waals surface area (Å²) in [5.74, 6) is 0. The summed E-state index contributed by atoms with van der Waals surface area (Å²) < 4.78 is 6.61. The lowest BCUT2D eigenvalue weighted by molar-refractivity contribution is 0.186. The van der Waals surface area contributed by atoms with Crippen molar-refractivity contribution in [2.24, 2.45) is 0 Å². The Morgan fingerprint density at radius 1 is 1.11 bits per heavy atom. The molecule has 0 amide bonds. The number of hydrogen-bond donors (Lipinski definition) is 1. The highest BCUT2D eigenvalue weighted by molar-refractivity contribution is 5.82. The van der Waals surface area contributed by atoms with Crippen LogP contribution >= 0.6 is 0 Å². The molecule has 0 aliphatic rings. The maximum atomic E-state index is 12.6. The lowest BCUT2D eigenvalue weighted by atomic mass is 10.1. The van der Waals surface area contributed by atoms with Gasteiger partial charge in [-0.15, -0.1) is 0 Å². The van der Waals surface area contributed by atoms with E-state index in [0.29, 0.717) is 24.2 Å². The average molecular weight is 372 g/mol. The molecule has 0 saturated carbocycles. The molecular formula is C22H20N4O2. The van der Waals surface area contributed by atoms with Crippen LogP contribution in [-0.4, -0.2) is 33.2 Å². The van der Waals surface area contributed by atoms with Gasteiger partial charge in [0, 0.05) is 24.6 Å². The summed E-state index contributed by atoms with van der Waals surface area (Å²) >= 11 is 0. The van der Waals surface area contributed by atoms with E-state index in [1.807, 2.05) is 60.7 Å². The quantitative estimate of drug-likeness (QED) is 0.561. The zero-order chi connectivity index (χ0) is 19.3. The maximum Gasteiger partial charge on any atom is 0.262 e. The fourth-order valence-electron chi connectivity index (χ4n) is 3.00. The molecule has 3 heterocycles. The minimum atomic E-state index is -0.0807. The highest BCUT2D eigenvalue weighted by atomic mass is 16.5. The van der Waals surface area contributed by atoms with E-state index in [0.717, 1.165) is 22.5 Å². The van der Waals surface area contributed by atoms with Crippen molar-refractivity contribution in [2.45, 2.75) is 6.54 Å². The highest BCUT2D eigenvalue weighted by Gasteiger charge is 2.10. The van der Waals surface area contributed by atoms with Crippen molar-refractivity contribution in [3.8, 4) is 11.3 Å². The third kappa shape index (κ3) is 3.77. The molecule has 6 nitrogen and oxygen atoms in total. The molecule has 1 N–H and O–H groups in total. The van der Waals surface area contributed by atoms with Crippen molar-refractivity contribution in [1.29, 1.82) is 0 Å². The largest absolute Gasteiger partial charge is 0.383 e. The van der Waals surface area contributed by atoms with Gasteiger partial charge in [-0.2, -0.15) is 0 Å². The predicted octanol–water partition coefficient (Wildman–Crippen LogP) is 3.60. The third-order valence-corrected chi connectivity index (χ3v) is 4.49. The van der Waals surface area contributed by atoms with Gasteiger partial charge in [0.1, 0.15) is 5.65 Å². The molecule has 140 valence electrons. The predicted molar refractivity (Wildman–Crippen MR) is 111 cm³/mol. The SMILES string of the molecule is COCCn1cnc2[nH]c(-c3ccnc(C=Cc4ccccc4)c3)cc2c1=O.